The van der Waals surface area contributed by atoms with Gasteiger partial charge in [0.15, 0.2) is 5.76 Å². The van der Waals surface area contributed by atoms with Crippen LogP contribution in [0.3, 0.4) is 0 Å². The summed E-state index contributed by atoms with van der Waals surface area (Å²) in [5, 5.41) is 2.82. The van der Waals surface area contributed by atoms with Crippen LogP contribution in [0.5, 0.6) is 5.75 Å². The van der Waals surface area contributed by atoms with Gasteiger partial charge in [-0.05, 0) is 25.3 Å². The van der Waals surface area contributed by atoms with Crippen LogP contribution < -0.4 is 15.5 Å². The van der Waals surface area contributed by atoms with Crippen LogP contribution in [0.25, 0.3) is 0 Å². The molecular formula is C17H19NO4. The highest BCUT2D eigenvalue weighted by Crippen LogP contribution is 2.07. The highest BCUT2D eigenvalue weighted by Gasteiger charge is 2.14. The van der Waals surface area contributed by atoms with Gasteiger partial charge < -0.3 is 14.5 Å². The molecule has 0 radical (unpaired) electrons. The molecule has 1 N–H and O–H groups in total. The van der Waals surface area contributed by atoms with Crippen LogP contribution in [0.4, 0.5) is 0 Å². The lowest BCUT2D eigenvalue weighted by Gasteiger charge is -2.13. The monoisotopic (exact) mass is 301 g/mol. The first-order chi connectivity index (χ1) is 10.6. The van der Waals surface area contributed by atoms with E-state index in [-0.39, 0.29) is 23.0 Å². The summed E-state index contributed by atoms with van der Waals surface area (Å²) < 4.78 is 9.93. The number of aryl methyl sites for hydroxylation is 1. The molecule has 1 atom stereocenters. The molecular weight excluding hydrogens is 282 g/mol. The van der Waals surface area contributed by atoms with Crippen molar-refractivity contribution < 1.29 is 13.9 Å². The van der Waals surface area contributed by atoms with E-state index in [1.807, 2.05) is 25.1 Å². The molecule has 0 fully saturated rings. The molecule has 0 aliphatic carbocycles. The van der Waals surface area contributed by atoms with Gasteiger partial charge in [0, 0.05) is 12.1 Å². The highest BCUT2D eigenvalue weighted by atomic mass is 16.5. The van der Waals surface area contributed by atoms with Gasteiger partial charge in [-0.3, -0.25) is 9.59 Å². The third-order valence-electron chi connectivity index (χ3n) is 3.33. The van der Waals surface area contributed by atoms with Gasteiger partial charge in [0.05, 0.1) is 7.11 Å². The van der Waals surface area contributed by atoms with Crippen LogP contribution in [0.15, 0.2) is 51.9 Å². The van der Waals surface area contributed by atoms with Crippen molar-refractivity contribution in [2.75, 3.05) is 7.11 Å². The average molecular weight is 301 g/mol. The predicted molar refractivity (Wildman–Crippen MR) is 83.2 cm³/mol. The van der Waals surface area contributed by atoms with Gasteiger partial charge in [-0.2, -0.15) is 0 Å². The van der Waals surface area contributed by atoms with Crippen LogP contribution in [0, 0.1) is 0 Å². The number of carbonyl (C=O) groups is 1. The van der Waals surface area contributed by atoms with Gasteiger partial charge in [-0.25, -0.2) is 0 Å². The molecule has 0 saturated heterocycles. The van der Waals surface area contributed by atoms with Crippen molar-refractivity contribution >= 4 is 5.91 Å². The molecule has 1 heterocycles. The summed E-state index contributed by atoms with van der Waals surface area (Å²) in [5.41, 5.74) is 0.843. The Morgan fingerprint density at radius 2 is 2.05 bits per heavy atom. The molecule has 0 saturated carbocycles. The minimum Gasteiger partial charge on any atom is -0.490 e. The van der Waals surface area contributed by atoms with Crippen molar-refractivity contribution in [3.63, 3.8) is 0 Å². The van der Waals surface area contributed by atoms with Gasteiger partial charge >= 0.3 is 0 Å². The SMILES string of the molecule is COc1coc(C(=O)N[C@@H](C)CCc2ccccc2)cc1=O. The molecule has 22 heavy (non-hydrogen) atoms. The molecule has 116 valence electrons. The van der Waals surface area contributed by atoms with Crippen molar-refractivity contribution in [3.8, 4) is 5.75 Å². The standard InChI is InChI=1S/C17H19NO4/c1-12(8-9-13-6-4-3-5-7-13)18-17(20)15-10-14(19)16(21-2)11-22-15/h3-7,10-12H,8-9H2,1-2H3,(H,18,20)/t12-/m0/s1. The minimum atomic E-state index is -0.402. The van der Waals surface area contributed by atoms with E-state index in [9.17, 15) is 9.59 Å². The molecule has 1 amide bonds. The minimum absolute atomic E-state index is 0.0163. The highest BCUT2D eigenvalue weighted by molar-refractivity contribution is 5.91. The summed E-state index contributed by atoms with van der Waals surface area (Å²) in [6.45, 7) is 1.92. The first kappa shape index (κ1) is 15.8. The zero-order valence-electron chi connectivity index (χ0n) is 12.7. The van der Waals surface area contributed by atoms with E-state index in [1.54, 1.807) is 0 Å². The Kier molecular flexibility index (Phi) is 5.36. The molecule has 1 aromatic heterocycles. The number of hydrogen-bond donors (Lipinski definition) is 1. The third kappa shape index (κ3) is 4.22. The van der Waals surface area contributed by atoms with E-state index >= 15 is 0 Å². The lowest BCUT2D eigenvalue weighted by Crippen LogP contribution is -2.33. The number of methoxy groups -OCH3 is 1. The molecule has 1 aromatic carbocycles. The van der Waals surface area contributed by atoms with Crippen molar-refractivity contribution in [1.82, 2.24) is 5.32 Å². The summed E-state index contributed by atoms with van der Waals surface area (Å²) in [4.78, 5) is 23.6. The van der Waals surface area contributed by atoms with E-state index in [0.29, 0.717) is 0 Å². The topological polar surface area (TPSA) is 68.5 Å². The molecule has 5 nitrogen and oxygen atoms in total. The maximum Gasteiger partial charge on any atom is 0.287 e. The molecule has 0 spiro atoms. The Morgan fingerprint density at radius 3 is 2.68 bits per heavy atom. The fourth-order valence-electron chi connectivity index (χ4n) is 2.06. The van der Waals surface area contributed by atoms with Crippen molar-refractivity contribution in [1.29, 1.82) is 0 Å². The van der Waals surface area contributed by atoms with E-state index in [2.05, 4.69) is 17.4 Å². The van der Waals surface area contributed by atoms with E-state index < -0.39 is 5.91 Å². The molecule has 0 unspecified atom stereocenters. The number of rotatable bonds is 6. The second-order valence-electron chi connectivity index (χ2n) is 5.08. The first-order valence-electron chi connectivity index (χ1n) is 7.11. The number of benzene rings is 1. The summed E-state index contributed by atoms with van der Waals surface area (Å²) in [6, 6.07) is 11.2. The van der Waals surface area contributed by atoms with Gasteiger partial charge in [0.1, 0.15) is 6.26 Å². The van der Waals surface area contributed by atoms with Crippen LogP contribution in [-0.4, -0.2) is 19.1 Å². The molecule has 0 aliphatic rings. The summed E-state index contributed by atoms with van der Waals surface area (Å²) in [6.07, 6.45) is 2.82. The lowest BCUT2D eigenvalue weighted by molar-refractivity contribution is 0.0907. The molecule has 0 bridgehead atoms. The number of nitrogens with one attached hydrogen (secondary N) is 1. The Morgan fingerprint density at radius 1 is 1.32 bits per heavy atom. The predicted octanol–water partition coefficient (Wildman–Crippen LogP) is 2.40. The van der Waals surface area contributed by atoms with E-state index in [4.69, 9.17) is 9.15 Å². The summed E-state index contributed by atoms with van der Waals surface area (Å²) in [5.74, 6) is -0.341. The maximum atomic E-state index is 12.0. The van der Waals surface area contributed by atoms with Crippen LogP contribution in [0.1, 0.15) is 29.5 Å². The Balaban J connectivity index is 1.91. The quantitative estimate of drug-likeness (QED) is 0.889. The van der Waals surface area contributed by atoms with Crippen molar-refractivity contribution in [2.45, 2.75) is 25.8 Å². The van der Waals surface area contributed by atoms with Crippen LogP contribution in [0.2, 0.25) is 0 Å². The average Bonchev–Trinajstić information content (AvgIpc) is 2.53. The van der Waals surface area contributed by atoms with Crippen LogP contribution >= 0.6 is 0 Å². The van der Waals surface area contributed by atoms with E-state index in [1.165, 1.54) is 12.7 Å². The second kappa shape index (κ2) is 7.45. The fourth-order valence-corrected chi connectivity index (χ4v) is 2.06. The van der Waals surface area contributed by atoms with Gasteiger partial charge in [0.25, 0.3) is 5.91 Å². The fraction of sp³-hybridized carbons (Fsp3) is 0.294. The number of ether oxygens (including phenoxy) is 1. The molecule has 5 heteroatoms. The summed E-state index contributed by atoms with van der Waals surface area (Å²) >= 11 is 0. The number of amides is 1. The number of carbonyl (C=O) groups excluding carboxylic acids is 1. The Hall–Kier alpha value is -2.56. The van der Waals surface area contributed by atoms with Gasteiger partial charge in [0.2, 0.25) is 11.2 Å². The lowest BCUT2D eigenvalue weighted by atomic mass is 10.1. The van der Waals surface area contributed by atoms with Crippen molar-refractivity contribution in [2.24, 2.45) is 0 Å². The third-order valence-corrected chi connectivity index (χ3v) is 3.33. The largest absolute Gasteiger partial charge is 0.490 e. The molecule has 2 rings (SSSR count). The van der Waals surface area contributed by atoms with E-state index in [0.717, 1.165) is 25.2 Å². The maximum absolute atomic E-state index is 12.0. The van der Waals surface area contributed by atoms with Crippen molar-refractivity contribution in [3.05, 3.63) is 64.2 Å². The zero-order chi connectivity index (χ0) is 15.9. The van der Waals surface area contributed by atoms with Gasteiger partial charge in [-0.15, -0.1) is 0 Å². The number of hydrogen-bond acceptors (Lipinski definition) is 4. The first-order valence-corrected chi connectivity index (χ1v) is 7.11. The molecule has 2 aromatic rings. The summed E-state index contributed by atoms with van der Waals surface area (Å²) in [7, 11) is 1.37. The normalized spacial score (nSPS) is 11.7. The zero-order valence-corrected chi connectivity index (χ0v) is 12.7. The Labute approximate surface area is 128 Å². The smallest absolute Gasteiger partial charge is 0.287 e. The van der Waals surface area contributed by atoms with Crippen LogP contribution in [-0.2, 0) is 6.42 Å². The van der Waals surface area contributed by atoms with Gasteiger partial charge in [-0.1, -0.05) is 30.3 Å². The second-order valence-corrected chi connectivity index (χ2v) is 5.08. The molecule has 0 aliphatic heterocycles. The Bertz CT molecular complexity index is 679.